The summed E-state index contributed by atoms with van der Waals surface area (Å²) in [6, 6.07) is -0.581. The van der Waals surface area contributed by atoms with Crippen molar-refractivity contribution in [3.63, 3.8) is 0 Å². The number of hydrogen-bond donors (Lipinski definition) is 1. The third-order valence-electron chi connectivity index (χ3n) is 3.98. The summed E-state index contributed by atoms with van der Waals surface area (Å²) in [5.74, 6) is -0.619. The van der Waals surface area contributed by atoms with E-state index in [2.05, 4.69) is 10.2 Å². The van der Waals surface area contributed by atoms with Crippen LogP contribution in [0.25, 0.3) is 0 Å². The fraction of sp³-hybridized carbons (Fsp3) is 0.769. The molecule has 0 spiro atoms. The van der Waals surface area contributed by atoms with Crippen LogP contribution >= 0.6 is 0 Å². The van der Waals surface area contributed by atoms with Gasteiger partial charge in [0.05, 0.1) is 0 Å². The van der Waals surface area contributed by atoms with Crippen LogP contribution in [-0.2, 0) is 9.59 Å². The zero-order valence-electron chi connectivity index (χ0n) is 11.7. The first-order chi connectivity index (χ1) is 8.82. The van der Waals surface area contributed by atoms with Crippen molar-refractivity contribution in [2.45, 2.75) is 26.7 Å². The number of carbonyl (C=O) groups is 3. The van der Waals surface area contributed by atoms with Crippen LogP contribution < -0.4 is 5.32 Å². The van der Waals surface area contributed by atoms with Gasteiger partial charge in [-0.15, -0.1) is 0 Å². The number of urea groups is 1. The van der Waals surface area contributed by atoms with Crippen LogP contribution in [0.3, 0.4) is 0 Å². The third-order valence-corrected chi connectivity index (χ3v) is 3.98. The molecule has 1 unspecified atom stereocenters. The maximum atomic E-state index is 12.3. The van der Waals surface area contributed by atoms with Crippen molar-refractivity contribution in [3.05, 3.63) is 0 Å². The molecule has 2 saturated heterocycles. The number of piperidine rings is 1. The molecule has 6 nitrogen and oxygen atoms in total. The number of likely N-dealkylation sites (tertiary alicyclic amines) is 1. The minimum absolute atomic E-state index is 0.289. The zero-order valence-corrected chi connectivity index (χ0v) is 11.7. The second-order valence-corrected chi connectivity index (χ2v) is 6.07. The van der Waals surface area contributed by atoms with Crippen LogP contribution in [0.15, 0.2) is 0 Å². The van der Waals surface area contributed by atoms with Crippen LogP contribution in [0, 0.1) is 11.3 Å². The monoisotopic (exact) mass is 267 g/mol. The molecule has 2 aliphatic rings. The Morgan fingerprint density at radius 3 is 2.63 bits per heavy atom. The van der Waals surface area contributed by atoms with Gasteiger partial charge in [0, 0.05) is 13.1 Å². The first-order valence-electron chi connectivity index (χ1n) is 6.68. The minimum atomic E-state index is -1.16. The number of carbonyl (C=O) groups excluding carboxylic acids is 3. The van der Waals surface area contributed by atoms with E-state index >= 15 is 0 Å². The van der Waals surface area contributed by atoms with E-state index in [1.807, 2.05) is 7.05 Å². The lowest BCUT2D eigenvalue weighted by Gasteiger charge is -2.38. The quantitative estimate of drug-likeness (QED) is 0.737. The summed E-state index contributed by atoms with van der Waals surface area (Å²) < 4.78 is 0. The summed E-state index contributed by atoms with van der Waals surface area (Å²) in [4.78, 5) is 39.1. The molecule has 0 saturated carbocycles. The van der Waals surface area contributed by atoms with Crippen LogP contribution in [0.4, 0.5) is 4.79 Å². The second-order valence-electron chi connectivity index (χ2n) is 6.07. The van der Waals surface area contributed by atoms with Gasteiger partial charge < -0.3 is 4.90 Å². The highest BCUT2D eigenvalue weighted by molar-refractivity contribution is 6.18. The van der Waals surface area contributed by atoms with Gasteiger partial charge in [0.15, 0.2) is 0 Å². The molecule has 2 fully saturated rings. The molecule has 2 aliphatic heterocycles. The zero-order chi connectivity index (χ0) is 14.2. The van der Waals surface area contributed by atoms with Crippen LogP contribution in [-0.4, -0.2) is 54.3 Å². The maximum Gasteiger partial charge on any atom is 0.330 e. The minimum Gasteiger partial charge on any atom is -0.306 e. The van der Waals surface area contributed by atoms with Crippen molar-refractivity contribution in [2.75, 3.05) is 26.7 Å². The van der Waals surface area contributed by atoms with Gasteiger partial charge in [0.1, 0.15) is 5.41 Å². The Kier molecular flexibility index (Phi) is 3.62. The fourth-order valence-corrected chi connectivity index (χ4v) is 2.69. The van der Waals surface area contributed by atoms with E-state index in [1.165, 1.54) is 4.90 Å². The summed E-state index contributed by atoms with van der Waals surface area (Å²) in [5, 5.41) is 2.26. The maximum absolute atomic E-state index is 12.3. The predicted octanol–water partition coefficient (Wildman–Crippen LogP) is 0.433. The lowest BCUT2D eigenvalue weighted by Crippen LogP contribution is -2.63. The van der Waals surface area contributed by atoms with Crippen molar-refractivity contribution < 1.29 is 14.4 Å². The molecule has 2 heterocycles. The number of nitrogens with one attached hydrogen (secondary N) is 1. The molecule has 2 rings (SSSR count). The van der Waals surface area contributed by atoms with Crippen molar-refractivity contribution in [1.29, 1.82) is 0 Å². The van der Waals surface area contributed by atoms with Gasteiger partial charge >= 0.3 is 6.03 Å². The number of hydrogen-bond acceptors (Lipinski definition) is 4. The molecule has 0 bridgehead atoms. The topological polar surface area (TPSA) is 69.7 Å². The van der Waals surface area contributed by atoms with Crippen LogP contribution in [0.2, 0.25) is 0 Å². The molecular formula is C13H21N3O3. The van der Waals surface area contributed by atoms with E-state index < -0.39 is 23.3 Å². The van der Waals surface area contributed by atoms with E-state index in [0.29, 0.717) is 6.54 Å². The second kappa shape index (κ2) is 4.92. The van der Waals surface area contributed by atoms with Crippen molar-refractivity contribution in [2.24, 2.45) is 11.3 Å². The van der Waals surface area contributed by atoms with Gasteiger partial charge in [-0.1, -0.05) is 0 Å². The van der Waals surface area contributed by atoms with E-state index in [4.69, 9.17) is 0 Å². The van der Waals surface area contributed by atoms with Crippen molar-refractivity contribution in [1.82, 2.24) is 15.1 Å². The third kappa shape index (κ3) is 2.63. The van der Waals surface area contributed by atoms with E-state index in [-0.39, 0.29) is 5.92 Å². The van der Waals surface area contributed by atoms with E-state index in [9.17, 15) is 14.4 Å². The largest absolute Gasteiger partial charge is 0.330 e. The number of barbiturate groups is 1. The molecule has 1 N–H and O–H groups in total. The molecule has 0 aliphatic carbocycles. The Morgan fingerprint density at radius 1 is 1.32 bits per heavy atom. The molecule has 0 aromatic carbocycles. The Bertz CT molecular complexity index is 419. The standard InChI is InChI=1S/C13H21N3O3/c1-13(2)10(17)14-12(19)16(11(13)18)8-9-5-4-6-15(3)7-9/h9H,4-8H2,1-3H3,(H,14,17,19). The number of rotatable bonds is 2. The number of nitrogens with zero attached hydrogens (tertiary/aromatic N) is 2. The van der Waals surface area contributed by atoms with Crippen molar-refractivity contribution >= 4 is 17.8 Å². The van der Waals surface area contributed by atoms with Gasteiger partial charge in [-0.05, 0) is 46.2 Å². The highest BCUT2D eigenvalue weighted by atomic mass is 16.2. The molecular weight excluding hydrogens is 246 g/mol. The fourth-order valence-electron chi connectivity index (χ4n) is 2.69. The van der Waals surface area contributed by atoms with Crippen molar-refractivity contribution in [3.8, 4) is 0 Å². The van der Waals surface area contributed by atoms with Gasteiger partial charge in [-0.3, -0.25) is 19.8 Å². The summed E-state index contributed by atoms with van der Waals surface area (Å²) in [7, 11) is 2.04. The molecule has 4 amide bonds. The molecule has 0 aromatic rings. The Balaban J connectivity index is 2.08. The molecule has 1 atom stereocenters. The molecule has 6 heteroatoms. The van der Waals surface area contributed by atoms with Gasteiger partial charge in [0.25, 0.3) is 0 Å². The summed E-state index contributed by atoms with van der Waals surface area (Å²) >= 11 is 0. The first-order valence-corrected chi connectivity index (χ1v) is 6.68. The summed E-state index contributed by atoms with van der Waals surface area (Å²) in [6.07, 6.45) is 2.09. The summed E-state index contributed by atoms with van der Waals surface area (Å²) in [6.45, 7) is 5.44. The normalized spacial score (nSPS) is 28.5. The van der Waals surface area contributed by atoms with E-state index in [0.717, 1.165) is 25.9 Å². The van der Waals surface area contributed by atoms with Gasteiger partial charge in [0.2, 0.25) is 11.8 Å². The van der Waals surface area contributed by atoms with Crippen LogP contribution in [0.1, 0.15) is 26.7 Å². The van der Waals surface area contributed by atoms with E-state index in [1.54, 1.807) is 13.8 Å². The average molecular weight is 267 g/mol. The van der Waals surface area contributed by atoms with Gasteiger partial charge in [-0.25, -0.2) is 4.79 Å². The predicted molar refractivity (Wildman–Crippen MR) is 69.3 cm³/mol. The average Bonchev–Trinajstić information content (AvgIpc) is 2.33. The SMILES string of the molecule is CN1CCCC(CN2C(=O)NC(=O)C(C)(C)C2=O)C1. The Morgan fingerprint density at radius 2 is 2.00 bits per heavy atom. The lowest BCUT2D eigenvalue weighted by atomic mass is 9.88. The summed E-state index contributed by atoms with van der Waals surface area (Å²) in [5.41, 5.74) is -1.16. The Labute approximate surface area is 113 Å². The highest BCUT2D eigenvalue weighted by Gasteiger charge is 2.47. The first kappa shape index (κ1) is 14.0. The molecule has 0 aromatic heterocycles. The Hall–Kier alpha value is -1.43. The number of amides is 4. The lowest BCUT2D eigenvalue weighted by molar-refractivity contribution is -0.149. The van der Waals surface area contributed by atoms with Gasteiger partial charge in [-0.2, -0.15) is 0 Å². The molecule has 0 radical (unpaired) electrons. The molecule has 106 valence electrons. The van der Waals surface area contributed by atoms with Crippen LogP contribution in [0.5, 0.6) is 0 Å². The smallest absolute Gasteiger partial charge is 0.306 e. The number of imide groups is 2. The molecule has 19 heavy (non-hydrogen) atoms. The highest BCUT2D eigenvalue weighted by Crippen LogP contribution is 2.25.